The summed E-state index contributed by atoms with van der Waals surface area (Å²) in [6, 6.07) is 11.2. The van der Waals surface area contributed by atoms with Crippen LogP contribution in [0.15, 0.2) is 46.3 Å². The molecule has 0 saturated heterocycles. The van der Waals surface area contributed by atoms with Crippen LogP contribution < -0.4 is 20.1 Å². The molecule has 0 unspecified atom stereocenters. The number of benzene rings is 2. The van der Waals surface area contributed by atoms with E-state index in [4.69, 9.17) is 9.47 Å². The molecule has 1 aromatic heterocycles. The van der Waals surface area contributed by atoms with Crippen molar-refractivity contribution in [3.8, 4) is 11.5 Å². The van der Waals surface area contributed by atoms with Crippen LogP contribution in [-0.4, -0.2) is 25.1 Å². The van der Waals surface area contributed by atoms with Gasteiger partial charge >= 0.3 is 0 Å². The number of hydrogen-bond donors (Lipinski definition) is 2. The predicted octanol–water partition coefficient (Wildman–Crippen LogP) is 5.16. The molecule has 0 aliphatic heterocycles. The summed E-state index contributed by atoms with van der Waals surface area (Å²) in [5.74, 6) is 1.28. The summed E-state index contributed by atoms with van der Waals surface area (Å²) in [6.07, 6.45) is 0.197. The van der Waals surface area contributed by atoms with E-state index in [9.17, 15) is 4.79 Å². The number of nitrogens with zero attached hydrogens (tertiary/aromatic N) is 1. The van der Waals surface area contributed by atoms with Gasteiger partial charge in [-0.1, -0.05) is 15.9 Å². The molecule has 3 rings (SSSR count). The van der Waals surface area contributed by atoms with Gasteiger partial charge in [0.15, 0.2) is 5.13 Å². The Balaban J connectivity index is 1.66. The summed E-state index contributed by atoms with van der Waals surface area (Å²) in [7, 11) is 3.22. The van der Waals surface area contributed by atoms with Crippen LogP contribution in [0.2, 0.25) is 0 Å². The first kappa shape index (κ1) is 20.2. The number of aryl methyl sites for hydroxylation is 1. The fourth-order valence-corrected chi connectivity index (χ4v) is 3.80. The van der Waals surface area contributed by atoms with Gasteiger partial charge in [-0.15, -0.1) is 11.3 Å². The van der Waals surface area contributed by atoms with Gasteiger partial charge in [-0.3, -0.25) is 4.79 Å². The average molecular weight is 462 g/mol. The van der Waals surface area contributed by atoms with Crippen LogP contribution in [0.1, 0.15) is 11.3 Å². The van der Waals surface area contributed by atoms with Crippen LogP contribution in [0.25, 0.3) is 0 Å². The van der Waals surface area contributed by atoms with Gasteiger partial charge in [0.1, 0.15) is 11.5 Å². The molecule has 2 aromatic carbocycles. The highest BCUT2D eigenvalue weighted by atomic mass is 79.9. The third-order valence-corrected chi connectivity index (χ3v) is 5.30. The highest BCUT2D eigenvalue weighted by Gasteiger charge is 2.12. The highest BCUT2D eigenvalue weighted by Crippen LogP contribution is 2.32. The molecule has 0 radical (unpaired) electrons. The van der Waals surface area contributed by atoms with E-state index in [1.54, 1.807) is 14.2 Å². The number of nitrogens with one attached hydrogen (secondary N) is 2. The summed E-state index contributed by atoms with van der Waals surface area (Å²) < 4.78 is 11.6. The third kappa shape index (κ3) is 5.02. The highest BCUT2D eigenvalue weighted by molar-refractivity contribution is 9.10. The second kappa shape index (κ2) is 9.07. The zero-order valence-electron chi connectivity index (χ0n) is 15.7. The molecule has 0 aliphatic rings. The van der Waals surface area contributed by atoms with Crippen molar-refractivity contribution in [3.63, 3.8) is 0 Å². The molecule has 0 saturated carbocycles. The second-order valence-electron chi connectivity index (χ2n) is 6.02. The van der Waals surface area contributed by atoms with Gasteiger partial charge < -0.3 is 20.1 Å². The van der Waals surface area contributed by atoms with Gasteiger partial charge in [0.25, 0.3) is 0 Å². The van der Waals surface area contributed by atoms with E-state index >= 15 is 0 Å². The molecule has 0 bridgehead atoms. The van der Waals surface area contributed by atoms with Gasteiger partial charge in [-0.2, -0.15) is 0 Å². The quantitative estimate of drug-likeness (QED) is 0.508. The number of halogens is 1. The maximum Gasteiger partial charge on any atom is 0.230 e. The van der Waals surface area contributed by atoms with E-state index in [0.29, 0.717) is 22.3 Å². The van der Waals surface area contributed by atoms with Crippen LogP contribution in [0.3, 0.4) is 0 Å². The van der Waals surface area contributed by atoms with E-state index in [0.717, 1.165) is 21.4 Å². The predicted molar refractivity (Wildman–Crippen MR) is 116 cm³/mol. The first-order chi connectivity index (χ1) is 13.5. The molecule has 6 nitrogen and oxygen atoms in total. The van der Waals surface area contributed by atoms with Crippen LogP contribution in [0, 0.1) is 6.92 Å². The topological polar surface area (TPSA) is 72.5 Å². The smallest absolute Gasteiger partial charge is 0.230 e. The van der Waals surface area contributed by atoms with Crippen LogP contribution in [-0.2, 0) is 11.2 Å². The minimum atomic E-state index is -0.110. The summed E-state index contributed by atoms with van der Waals surface area (Å²) in [4.78, 5) is 16.9. The Morgan fingerprint density at radius 3 is 2.68 bits per heavy atom. The number of hydrogen-bond acceptors (Lipinski definition) is 6. The van der Waals surface area contributed by atoms with E-state index in [2.05, 4.69) is 31.5 Å². The van der Waals surface area contributed by atoms with Gasteiger partial charge in [0.2, 0.25) is 5.91 Å². The minimum Gasteiger partial charge on any atom is -0.497 e. The Labute approximate surface area is 176 Å². The summed E-state index contributed by atoms with van der Waals surface area (Å²) in [5.41, 5.74) is 3.23. The largest absolute Gasteiger partial charge is 0.497 e. The Morgan fingerprint density at radius 2 is 1.96 bits per heavy atom. The molecule has 28 heavy (non-hydrogen) atoms. The van der Waals surface area contributed by atoms with Crippen molar-refractivity contribution in [3.05, 3.63) is 57.5 Å². The maximum absolute atomic E-state index is 12.4. The normalized spacial score (nSPS) is 10.4. The molecule has 0 spiro atoms. The number of rotatable bonds is 7. The number of methoxy groups -OCH3 is 2. The SMILES string of the molecule is COc1ccc(OC)c(Nc2nc(CC(=O)Nc3ccc(Br)cc3C)cs2)c1. The van der Waals surface area contributed by atoms with Crippen LogP contribution in [0.4, 0.5) is 16.5 Å². The summed E-state index contributed by atoms with van der Waals surface area (Å²) in [6.45, 7) is 1.95. The van der Waals surface area contributed by atoms with Crippen molar-refractivity contribution in [2.75, 3.05) is 24.9 Å². The first-order valence-corrected chi connectivity index (χ1v) is 10.1. The van der Waals surface area contributed by atoms with Gasteiger partial charge in [0, 0.05) is 21.6 Å². The van der Waals surface area contributed by atoms with Crippen molar-refractivity contribution in [1.29, 1.82) is 0 Å². The Bertz CT molecular complexity index is 991. The number of anilines is 3. The van der Waals surface area contributed by atoms with Crippen molar-refractivity contribution >= 4 is 49.7 Å². The van der Waals surface area contributed by atoms with Gasteiger partial charge in [-0.25, -0.2) is 4.98 Å². The van der Waals surface area contributed by atoms with Crippen LogP contribution in [0.5, 0.6) is 11.5 Å². The van der Waals surface area contributed by atoms with Crippen molar-refractivity contribution < 1.29 is 14.3 Å². The number of ether oxygens (including phenoxy) is 2. The molecule has 8 heteroatoms. The molecule has 2 N–H and O–H groups in total. The van der Waals surface area contributed by atoms with Crippen LogP contribution >= 0.6 is 27.3 Å². The van der Waals surface area contributed by atoms with Crippen molar-refractivity contribution in [2.45, 2.75) is 13.3 Å². The lowest BCUT2D eigenvalue weighted by Gasteiger charge is -2.10. The number of carbonyl (C=O) groups is 1. The molecule has 1 amide bonds. The Hall–Kier alpha value is -2.58. The monoisotopic (exact) mass is 461 g/mol. The summed E-state index contributed by atoms with van der Waals surface area (Å²) in [5, 5.41) is 8.69. The number of amides is 1. The summed E-state index contributed by atoms with van der Waals surface area (Å²) >= 11 is 4.85. The second-order valence-corrected chi connectivity index (χ2v) is 7.79. The lowest BCUT2D eigenvalue weighted by atomic mass is 10.2. The molecular formula is C20H20BrN3O3S. The number of thiazole rings is 1. The molecule has 146 valence electrons. The minimum absolute atomic E-state index is 0.110. The van der Waals surface area contributed by atoms with Crippen molar-refractivity contribution in [1.82, 2.24) is 4.98 Å². The van der Waals surface area contributed by atoms with E-state index in [1.807, 2.05) is 48.7 Å². The molecule has 0 atom stereocenters. The number of aromatic nitrogens is 1. The molecule has 0 aliphatic carbocycles. The zero-order chi connectivity index (χ0) is 20.1. The maximum atomic E-state index is 12.4. The molecule has 1 heterocycles. The Kier molecular flexibility index (Phi) is 6.53. The standard InChI is InChI=1S/C20H20BrN3O3S/c1-12-8-13(21)4-6-16(12)23-19(25)9-14-11-28-20(22-14)24-17-10-15(26-2)5-7-18(17)27-3/h4-8,10-11H,9H2,1-3H3,(H,22,24)(H,23,25). The lowest BCUT2D eigenvalue weighted by molar-refractivity contribution is -0.115. The van der Waals surface area contributed by atoms with Gasteiger partial charge in [-0.05, 0) is 42.8 Å². The van der Waals surface area contributed by atoms with E-state index in [-0.39, 0.29) is 12.3 Å². The lowest BCUT2D eigenvalue weighted by Crippen LogP contribution is -2.15. The molecule has 0 fully saturated rings. The molecule has 3 aromatic rings. The van der Waals surface area contributed by atoms with Crippen molar-refractivity contribution in [2.24, 2.45) is 0 Å². The average Bonchev–Trinajstić information content (AvgIpc) is 3.10. The Morgan fingerprint density at radius 1 is 1.14 bits per heavy atom. The first-order valence-electron chi connectivity index (χ1n) is 8.48. The zero-order valence-corrected chi connectivity index (χ0v) is 18.1. The third-order valence-electron chi connectivity index (χ3n) is 4.00. The molecular weight excluding hydrogens is 442 g/mol. The fraction of sp³-hybridized carbons (Fsp3) is 0.200. The van der Waals surface area contributed by atoms with Gasteiger partial charge in [0.05, 0.1) is 32.0 Å². The fourth-order valence-electron chi connectivity index (χ4n) is 2.60. The van der Waals surface area contributed by atoms with E-state index < -0.39 is 0 Å². The number of carbonyl (C=O) groups excluding carboxylic acids is 1. The van der Waals surface area contributed by atoms with E-state index in [1.165, 1.54) is 11.3 Å².